The van der Waals surface area contributed by atoms with E-state index in [1.807, 2.05) is 54.9 Å². The van der Waals surface area contributed by atoms with Crippen molar-refractivity contribution in [2.24, 2.45) is 4.99 Å². The van der Waals surface area contributed by atoms with E-state index in [1.165, 1.54) is 19.4 Å². The number of aromatic nitrogens is 1. The topological polar surface area (TPSA) is 60.8 Å². The molecule has 0 bridgehead atoms. The molecule has 2 aromatic rings. The Bertz CT molecular complexity index is 686. The van der Waals surface area contributed by atoms with E-state index in [-0.39, 0.29) is 12.6 Å². The fraction of sp³-hybridized carbons (Fsp3) is 0.478. The zero-order valence-electron chi connectivity index (χ0n) is 17.2. The molecule has 1 heterocycles. The van der Waals surface area contributed by atoms with Crippen LogP contribution >= 0.6 is 0 Å². The molecule has 2 N–H and O–H groups in total. The number of benzene rings is 1. The SMILES string of the molecule is CCN(CC)CCCCNCc1cc(/C=N/C(CO)c2ccccc2)ccn1. The van der Waals surface area contributed by atoms with Crippen LogP contribution in [0.1, 0.15) is 49.6 Å². The summed E-state index contributed by atoms with van der Waals surface area (Å²) < 4.78 is 0. The van der Waals surface area contributed by atoms with Crippen LogP contribution in [0.25, 0.3) is 0 Å². The zero-order valence-corrected chi connectivity index (χ0v) is 17.2. The van der Waals surface area contributed by atoms with Crippen molar-refractivity contribution >= 4 is 6.21 Å². The second kappa shape index (κ2) is 13.2. The van der Waals surface area contributed by atoms with Crippen LogP contribution in [0.5, 0.6) is 0 Å². The minimum atomic E-state index is -0.234. The molecule has 0 amide bonds. The number of pyridine rings is 1. The van der Waals surface area contributed by atoms with Crippen molar-refractivity contribution in [3.05, 3.63) is 65.5 Å². The molecule has 2 rings (SSSR count). The summed E-state index contributed by atoms with van der Waals surface area (Å²) in [4.78, 5) is 11.4. The highest BCUT2D eigenvalue weighted by Gasteiger charge is 2.06. The Balaban J connectivity index is 1.78. The molecule has 5 nitrogen and oxygen atoms in total. The highest BCUT2D eigenvalue weighted by atomic mass is 16.3. The van der Waals surface area contributed by atoms with E-state index in [0.717, 1.165) is 43.0 Å². The summed E-state index contributed by atoms with van der Waals surface area (Å²) in [6.45, 7) is 9.61. The van der Waals surface area contributed by atoms with Crippen molar-refractivity contribution in [2.75, 3.05) is 32.8 Å². The van der Waals surface area contributed by atoms with Gasteiger partial charge >= 0.3 is 0 Å². The van der Waals surface area contributed by atoms with Crippen LogP contribution in [0.15, 0.2) is 53.7 Å². The van der Waals surface area contributed by atoms with E-state index in [4.69, 9.17) is 0 Å². The molecule has 0 spiro atoms. The monoisotopic (exact) mass is 382 g/mol. The molecule has 5 heteroatoms. The average molecular weight is 383 g/mol. The summed E-state index contributed by atoms with van der Waals surface area (Å²) in [5.74, 6) is 0. The van der Waals surface area contributed by atoms with Gasteiger partial charge < -0.3 is 15.3 Å². The third kappa shape index (κ3) is 7.89. The fourth-order valence-electron chi connectivity index (χ4n) is 3.11. The predicted molar refractivity (Wildman–Crippen MR) is 117 cm³/mol. The molecule has 1 atom stereocenters. The van der Waals surface area contributed by atoms with Crippen molar-refractivity contribution in [1.82, 2.24) is 15.2 Å². The van der Waals surface area contributed by atoms with E-state index in [0.29, 0.717) is 0 Å². The quantitative estimate of drug-likeness (QED) is 0.411. The number of hydrogen-bond donors (Lipinski definition) is 2. The van der Waals surface area contributed by atoms with Crippen molar-refractivity contribution < 1.29 is 5.11 Å². The first-order chi connectivity index (χ1) is 13.8. The van der Waals surface area contributed by atoms with Crippen LogP contribution in [0.3, 0.4) is 0 Å². The minimum absolute atomic E-state index is 0.00645. The highest BCUT2D eigenvalue weighted by molar-refractivity contribution is 5.79. The van der Waals surface area contributed by atoms with Gasteiger partial charge in [-0.1, -0.05) is 44.2 Å². The fourth-order valence-corrected chi connectivity index (χ4v) is 3.11. The van der Waals surface area contributed by atoms with E-state index < -0.39 is 0 Å². The maximum absolute atomic E-state index is 9.63. The Labute approximate surface area is 169 Å². The Hall–Kier alpha value is -2.08. The number of aliphatic hydroxyl groups is 1. The summed E-state index contributed by atoms with van der Waals surface area (Å²) in [5.41, 5.74) is 3.03. The van der Waals surface area contributed by atoms with Crippen LogP contribution in [0.4, 0.5) is 0 Å². The first kappa shape index (κ1) is 22.2. The number of unbranched alkanes of at least 4 members (excludes halogenated alkanes) is 1. The van der Waals surface area contributed by atoms with Crippen LogP contribution in [0, 0.1) is 0 Å². The van der Waals surface area contributed by atoms with Crippen molar-refractivity contribution in [2.45, 2.75) is 39.3 Å². The van der Waals surface area contributed by atoms with Gasteiger partial charge in [0.2, 0.25) is 0 Å². The van der Waals surface area contributed by atoms with Crippen LogP contribution in [0.2, 0.25) is 0 Å². The van der Waals surface area contributed by atoms with Crippen molar-refractivity contribution in [3.63, 3.8) is 0 Å². The lowest BCUT2D eigenvalue weighted by molar-refractivity contribution is 0.269. The van der Waals surface area contributed by atoms with Crippen LogP contribution < -0.4 is 5.32 Å². The number of nitrogens with one attached hydrogen (secondary N) is 1. The van der Waals surface area contributed by atoms with Gasteiger partial charge in [0, 0.05) is 19.0 Å². The second-order valence-electron chi connectivity index (χ2n) is 6.88. The van der Waals surface area contributed by atoms with E-state index in [9.17, 15) is 5.11 Å². The molecule has 0 aliphatic carbocycles. The largest absolute Gasteiger partial charge is 0.394 e. The molecule has 0 aliphatic rings. The first-order valence-corrected chi connectivity index (χ1v) is 10.3. The lowest BCUT2D eigenvalue weighted by Crippen LogP contribution is -2.25. The second-order valence-corrected chi connectivity index (χ2v) is 6.88. The molecule has 1 aromatic heterocycles. The van der Waals surface area contributed by atoms with Gasteiger partial charge in [-0.3, -0.25) is 9.98 Å². The summed E-state index contributed by atoms with van der Waals surface area (Å²) in [6, 6.07) is 13.6. The summed E-state index contributed by atoms with van der Waals surface area (Å²) in [6.07, 6.45) is 6.03. The van der Waals surface area contributed by atoms with Gasteiger partial charge in [0.05, 0.1) is 18.3 Å². The maximum atomic E-state index is 9.63. The standard InChI is InChI=1S/C23H34N4O/c1-3-27(4-2)15-9-8-13-24-18-22-16-20(12-14-25-22)17-26-23(19-28)21-10-6-5-7-11-21/h5-7,10-12,14,16-17,23-24,28H,3-4,8-9,13,15,18-19H2,1-2H3/b26-17+. The van der Waals surface area contributed by atoms with Crippen LogP contribution in [-0.4, -0.2) is 54.0 Å². The molecular weight excluding hydrogens is 348 g/mol. The van der Waals surface area contributed by atoms with Gasteiger partial charge in [0.25, 0.3) is 0 Å². The predicted octanol–water partition coefficient (Wildman–Crippen LogP) is 3.45. The summed E-state index contributed by atoms with van der Waals surface area (Å²) in [7, 11) is 0. The summed E-state index contributed by atoms with van der Waals surface area (Å²) >= 11 is 0. The normalized spacial score (nSPS) is 12.7. The minimum Gasteiger partial charge on any atom is -0.394 e. The van der Waals surface area contributed by atoms with E-state index >= 15 is 0 Å². The van der Waals surface area contributed by atoms with Gasteiger partial charge in [-0.2, -0.15) is 0 Å². The zero-order chi connectivity index (χ0) is 20.0. The Kier molecular flexibility index (Phi) is 10.4. The Morgan fingerprint density at radius 1 is 1.14 bits per heavy atom. The molecule has 0 fully saturated rings. The molecule has 152 valence electrons. The third-order valence-corrected chi connectivity index (χ3v) is 4.88. The molecule has 0 saturated carbocycles. The van der Waals surface area contributed by atoms with Crippen LogP contribution in [-0.2, 0) is 6.54 Å². The molecule has 1 unspecified atom stereocenters. The third-order valence-electron chi connectivity index (χ3n) is 4.88. The van der Waals surface area contributed by atoms with E-state index in [2.05, 4.69) is 34.0 Å². The van der Waals surface area contributed by atoms with Gasteiger partial charge in [-0.15, -0.1) is 0 Å². The Morgan fingerprint density at radius 3 is 2.64 bits per heavy atom. The molecule has 0 aliphatic heterocycles. The molecule has 0 saturated heterocycles. The number of hydrogen-bond acceptors (Lipinski definition) is 5. The molecular formula is C23H34N4O. The molecule has 0 radical (unpaired) electrons. The summed E-state index contributed by atoms with van der Waals surface area (Å²) in [5, 5.41) is 13.1. The maximum Gasteiger partial charge on any atom is 0.0979 e. The van der Waals surface area contributed by atoms with Gasteiger partial charge in [-0.05, 0) is 62.3 Å². The van der Waals surface area contributed by atoms with Gasteiger partial charge in [0.15, 0.2) is 0 Å². The lowest BCUT2D eigenvalue weighted by atomic mass is 10.1. The van der Waals surface area contributed by atoms with Gasteiger partial charge in [-0.25, -0.2) is 0 Å². The lowest BCUT2D eigenvalue weighted by Gasteiger charge is -2.17. The number of aliphatic hydroxyl groups excluding tert-OH is 1. The number of nitrogens with zero attached hydrogens (tertiary/aromatic N) is 3. The number of rotatable bonds is 13. The first-order valence-electron chi connectivity index (χ1n) is 10.3. The number of aliphatic imine (C=N–C) groups is 1. The highest BCUT2D eigenvalue weighted by Crippen LogP contribution is 2.16. The van der Waals surface area contributed by atoms with Crippen molar-refractivity contribution in [3.8, 4) is 0 Å². The van der Waals surface area contributed by atoms with Gasteiger partial charge in [0.1, 0.15) is 0 Å². The Morgan fingerprint density at radius 2 is 1.93 bits per heavy atom. The average Bonchev–Trinajstić information content (AvgIpc) is 2.75. The van der Waals surface area contributed by atoms with Crippen molar-refractivity contribution in [1.29, 1.82) is 0 Å². The molecule has 1 aromatic carbocycles. The smallest absolute Gasteiger partial charge is 0.0979 e. The molecule has 28 heavy (non-hydrogen) atoms. The van der Waals surface area contributed by atoms with E-state index in [1.54, 1.807) is 0 Å².